The number of hydrogen-bond acceptors (Lipinski definition) is 7. The molecule has 204 valence electrons. The Labute approximate surface area is 227 Å². The fourth-order valence-corrected chi connectivity index (χ4v) is 5.16. The minimum absolute atomic E-state index is 0.156. The number of carbonyl (C=O) groups excluding carboxylic acids is 1. The molecule has 0 spiro atoms. The van der Waals surface area contributed by atoms with E-state index < -0.39 is 5.72 Å². The highest BCUT2D eigenvalue weighted by Crippen LogP contribution is 2.32. The summed E-state index contributed by atoms with van der Waals surface area (Å²) in [6, 6.07) is 6.42. The van der Waals surface area contributed by atoms with E-state index in [1.54, 1.807) is 0 Å². The van der Waals surface area contributed by atoms with Crippen molar-refractivity contribution in [2.45, 2.75) is 66.8 Å². The summed E-state index contributed by atoms with van der Waals surface area (Å²) >= 11 is 0. The first kappa shape index (κ1) is 27.8. The van der Waals surface area contributed by atoms with E-state index in [1.165, 1.54) is 5.57 Å². The third-order valence-electron chi connectivity index (χ3n) is 7.62. The van der Waals surface area contributed by atoms with Gasteiger partial charge >= 0.3 is 0 Å². The second-order valence-electron chi connectivity index (χ2n) is 11.1. The van der Waals surface area contributed by atoms with Gasteiger partial charge in [-0.1, -0.05) is 38.1 Å². The molecule has 1 aromatic heterocycles. The maximum Gasteiger partial charge on any atom is 0.231 e. The lowest BCUT2D eigenvalue weighted by molar-refractivity contribution is -0.119. The van der Waals surface area contributed by atoms with Crippen LogP contribution in [0.25, 0.3) is 11.4 Å². The third-order valence-corrected chi connectivity index (χ3v) is 7.62. The summed E-state index contributed by atoms with van der Waals surface area (Å²) in [5, 5.41) is 3.42. The van der Waals surface area contributed by atoms with Gasteiger partial charge in [0.05, 0.1) is 13.2 Å². The zero-order chi connectivity index (χ0) is 27.6. The number of piperazine rings is 1. The van der Waals surface area contributed by atoms with Gasteiger partial charge < -0.3 is 20.7 Å². The van der Waals surface area contributed by atoms with Crippen molar-refractivity contribution in [1.29, 1.82) is 0 Å². The van der Waals surface area contributed by atoms with Gasteiger partial charge in [0.25, 0.3) is 0 Å². The normalized spacial score (nSPS) is 21.9. The number of nitrogens with two attached hydrogens (primary N) is 1. The smallest absolute Gasteiger partial charge is 0.231 e. The van der Waals surface area contributed by atoms with Crippen molar-refractivity contribution in [1.82, 2.24) is 20.2 Å². The van der Waals surface area contributed by atoms with E-state index in [0.29, 0.717) is 12.5 Å². The molecule has 0 saturated carbocycles. The van der Waals surface area contributed by atoms with Crippen LogP contribution in [0, 0.1) is 26.7 Å². The zero-order valence-corrected chi connectivity index (χ0v) is 23.8. The maximum atomic E-state index is 11.6. The number of benzene rings is 1. The Morgan fingerprint density at radius 3 is 2.50 bits per heavy atom. The number of primary amides is 1. The minimum atomic E-state index is -0.624. The molecule has 8 heteroatoms. The number of dihydropyridines is 1. The number of aromatic nitrogens is 2. The van der Waals surface area contributed by atoms with E-state index in [-0.39, 0.29) is 18.5 Å². The highest BCUT2D eigenvalue weighted by Gasteiger charge is 2.30. The van der Waals surface area contributed by atoms with Crippen LogP contribution < -0.4 is 16.0 Å². The van der Waals surface area contributed by atoms with Crippen molar-refractivity contribution in [2.24, 2.45) is 11.7 Å². The van der Waals surface area contributed by atoms with Gasteiger partial charge in [0.15, 0.2) is 11.5 Å². The Kier molecular flexibility index (Phi) is 8.23. The fraction of sp³-hybridized carbons (Fsp3) is 0.500. The number of anilines is 1. The number of aryl methyl sites for hydroxylation is 3. The van der Waals surface area contributed by atoms with Crippen molar-refractivity contribution in [3.05, 3.63) is 64.5 Å². The van der Waals surface area contributed by atoms with E-state index in [9.17, 15) is 4.79 Å². The summed E-state index contributed by atoms with van der Waals surface area (Å²) in [7, 11) is 0. The predicted molar refractivity (Wildman–Crippen MR) is 153 cm³/mol. The summed E-state index contributed by atoms with van der Waals surface area (Å²) in [6.07, 6.45) is 6.25. The largest absolute Gasteiger partial charge is 0.369 e. The van der Waals surface area contributed by atoms with Crippen LogP contribution in [0.5, 0.6) is 0 Å². The summed E-state index contributed by atoms with van der Waals surface area (Å²) in [5.74, 6) is 1.77. The van der Waals surface area contributed by atoms with Gasteiger partial charge in [-0.05, 0) is 63.3 Å². The van der Waals surface area contributed by atoms with Crippen LogP contribution in [-0.4, -0.2) is 58.7 Å². The number of nitrogens with one attached hydrogen (secondary N) is 1. The molecule has 0 bridgehead atoms. The maximum absolute atomic E-state index is 11.6. The molecular weight excluding hydrogens is 476 g/mol. The molecule has 3 N–H and O–H groups in total. The molecule has 1 fully saturated rings. The Morgan fingerprint density at radius 1 is 1.21 bits per heavy atom. The summed E-state index contributed by atoms with van der Waals surface area (Å²) in [5.41, 5.74) is 11.4. The van der Waals surface area contributed by atoms with Crippen LogP contribution in [0.1, 0.15) is 50.1 Å². The van der Waals surface area contributed by atoms with E-state index in [2.05, 4.69) is 80.1 Å². The quantitative estimate of drug-likeness (QED) is 0.545. The Balaban J connectivity index is 1.67. The lowest BCUT2D eigenvalue weighted by Crippen LogP contribution is -2.54. The number of amides is 1. The average molecular weight is 519 g/mol. The monoisotopic (exact) mass is 518 g/mol. The van der Waals surface area contributed by atoms with Crippen LogP contribution in [0.4, 0.5) is 5.82 Å². The average Bonchev–Trinajstić information content (AvgIpc) is 2.84. The third kappa shape index (κ3) is 6.08. The van der Waals surface area contributed by atoms with E-state index in [0.717, 1.165) is 59.2 Å². The van der Waals surface area contributed by atoms with Gasteiger partial charge in [-0.2, -0.15) is 0 Å². The van der Waals surface area contributed by atoms with Gasteiger partial charge in [-0.25, -0.2) is 9.97 Å². The predicted octanol–water partition coefficient (Wildman–Crippen LogP) is 4.00. The van der Waals surface area contributed by atoms with Gasteiger partial charge in [0.1, 0.15) is 5.82 Å². The molecule has 1 amide bonds. The molecule has 0 aliphatic carbocycles. The molecule has 2 aromatic rings. The molecule has 2 aliphatic heterocycles. The van der Waals surface area contributed by atoms with Gasteiger partial charge in [-0.15, -0.1) is 0 Å². The SMILES string of the molecule is Cc1cccc(C)c1-c1nc(C)c(COC2(C)C=CC(C(C)C)=CN2)c(N2CCN(CC(N)=O)[C@H](C)C2)n1. The number of carbonyl (C=O) groups is 1. The van der Waals surface area contributed by atoms with Gasteiger partial charge in [0.2, 0.25) is 5.91 Å². The number of nitrogens with zero attached hydrogens (tertiary/aromatic N) is 4. The number of allylic oxidation sites excluding steroid dienone is 2. The summed E-state index contributed by atoms with van der Waals surface area (Å²) in [4.78, 5) is 26.1. The van der Waals surface area contributed by atoms with Crippen molar-refractivity contribution in [3.8, 4) is 11.4 Å². The lowest BCUT2D eigenvalue weighted by Gasteiger charge is -2.40. The van der Waals surface area contributed by atoms with Crippen LogP contribution >= 0.6 is 0 Å². The fourth-order valence-electron chi connectivity index (χ4n) is 5.16. The van der Waals surface area contributed by atoms with E-state index >= 15 is 0 Å². The molecule has 4 rings (SSSR count). The number of ether oxygens (including phenoxy) is 1. The topological polar surface area (TPSA) is 96.6 Å². The summed E-state index contributed by atoms with van der Waals surface area (Å²) in [6.45, 7) is 17.6. The van der Waals surface area contributed by atoms with E-state index in [1.807, 2.05) is 20.0 Å². The van der Waals surface area contributed by atoms with Crippen molar-refractivity contribution < 1.29 is 9.53 Å². The molecule has 1 unspecified atom stereocenters. The van der Waals surface area contributed by atoms with Crippen LogP contribution in [-0.2, 0) is 16.1 Å². The number of rotatable bonds is 8. The first-order valence-electron chi connectivity index (χ1n) is 13.5. The van der Waals surface area contributed by atoms with Crippen LogP contribution in [0.15, 0.2) is 42.1 Å². The molecular formula is C30H42N6O2. The highest BCUT2D eigenvalue weighted by molar-refractivity contribution is 5.76. The standard InChI is InChI=1S/C30H42N6O2/c1-19(2)24-11-12-30(7,32-15-24)38-18-25-23(6)33-28(27-20(3)9-8-10-21(27)4)34-29(25)36-14-13-35(17-26(31)37)22(5)16-36/h8-12,15,19,22,32H,13-14,16-18H2,1-7H3,(H2,31,37)/t22-,30?/m1/s1. The molecule has 3 heterocycles. The molecule has 38 heavy (non-hydrogen) atoms. The number of hydrogen-bond donors (Lipinski definition) is 2. The Hall–Kier alpha value is -3.23. The second kappa shape index (κ2) is 11.3. The van der Waals surface area contributed by atoms with Gasteiger partial charge in [-0.3, -0.25) is 9.69 Å². The van der Waals surface area contributed by atoms with Crippen LogP contribution in [0.3, 0.4) is 0 Å². The van der Waals surface area contributed by atoms with Gasteiger partial charge in [0, 0.05) is 48.7 Å². The van der Waals surface area contributed by atoms with Crippen LogP contribution in [0.2, 0.25) is 0 Å². The van der Waals surface area contributed by atoms with Crippen molar-refractivity contribution in [2.75, 3.05) is 31.1 Å². The Morgan fingerprint density at radius 2 is 1.92 bits per heavy atom. The zero-order valence-electron chi connectivity index (χ0n) is 23.8. The molecule has 2 atom stereocenters. The molecule has 1 saturated heterocycles. The minimum Gasteiger partial charge on any atom is -0.369 e. The van der Waals surface area contributed by atoms with E-state index in [4.69, 9.17) is 20.4 Å². The molecule has 0 radical (unpaired) electrons. The lowest BCUT2D eigenvalue weighted by atomic mass is 10.00. The molecule has 2 aliphatic rings. The molecule has 8 nitrogen and oxygen atoms in total. The second-order valence-corrected chi connectivity index (χ2v) is 11.1. The molecule has 1 aromatic carbocycles. The first-order valence-corrected chi connectivity index (χ1v) is 13.5. The van der Waals surface area contributed by atoms with Crippen molar-refractivity contribution in [3.63, 3.8) is 0 Å². The highest BCUT2D eigenvalue weighted by atomic mass is 16.5. The van der Waals surface area contributed by atoms with Crippen molar-refractivity contribution >= 4 is 11.7 Å². The first-order chi connectivity index (χ1) is 18.0. The Bertz CT molecular complexity index is 1230. The summed E-state index contributed by atoms with van der Waals surface area (Å²) < 4.78 is 6.47.